The summed E-state index contributed by atoms with van der Waals surface area (Å²) in [6, 6.07) is 0. The van der Waals surface area contributed by atoms with Crippen LogP contribution in [0.3, 0.4) is 0 Å². The van der Waals surface area contributed by atoms with E-state index in [1.54, 1.807) is 0 Å². The predicted molar refractivity (Wildman–Crippen MR) is 166 cm³/mol. The van der Waals surface area contributed by atoms with Crippen molar-refractivity contribution >= 4 is 29.6 Å². The largest absolute Gasteiger partial charge is 0.396 e. The molecule has 0 aromatic rings. The van der Waals surface area contributed by atoms with Crippen LogP contribution in [0, 0.1) is 5.41 Å². The monoisotopic (exact) mass is 552 g/mol. The Balaban J connectivity index is 0. The van der Waals surface area contributed by atoms with Gasteiger partial charge in [-0.3, -0.25) is 0 Å². The van der Waals surface area contributed by atoms with Gasteiger partial charge in [-0.15, -0.1) is 0 Å². The zero-order valence-electron chi connectivity index (χ0n) is 26.4. The van der Waals surface area contributed by atoms with Crippen molar-refractivity contribution in [3.8, 4) is 0 Å². The minimum absolute atomic E-state index is 0. The van der Waals surface area contributed by atoms with Crippen molar-refractivity contribution in [3.63, 3.8) is 0 Å². The summed E-state index contributed by atoms with van der Waals surface area (Å²) in [5, 5.41) is 19.7. The van der Waals surface area contributed by atoms with Crippen LogP contribution in [-0.4, -0.2) is 79.4 Å². The molecular weight excluding hydrogens is 483 g/mol. The maximum atomic E-state index is 9.86. The Morgan fingerprint density at radius 1 is 0.395 bits per heavy atom. The van der Waals surface area contributed by atoms with Crippen LogP contribution in [0.25, 0.3) is 0 Å². The molecule has 225 valence electrons. The molecule has 0 aliphatic heterocycles. The van der Waals surface area contributed by atoms with Crippen molar-refractivity contribution < 1.29 is 19.7 Å². The van der Waals surface area contributed by atoms with Crippen LogP contribution >= 0.6 is 0 Å². The molecule has 1 radical (unpaired) electrons. The van der Waals surface area contributed by atoms with E-state index in [0.29, 0.717) is 26.4 Å². The fourth-order valence-corrected chi connectivity index (χ4v) is 4.94. The molecule has 0 saturated carbocycles. The molecule has 0 aromatic heterocycles. The summed E-state index contributed by atoms with van der Waals surface area (Å²) in [4.78, 5) is 0. The van der Waals surface area contributed by atoms with Crippen LogP contribution in [0.2, 0.25) is 0 Å². The van der Waals surface area contributed by atoms with Gasteiger partial charge in [-0.05, 0) is 12.8 Å². The fourth-order valence-electron chi connectivity index (χ4n) is 4.94. The van der Waals surface area contributed by atoms with Crippen LogP contribution in [0.4, 0.5) is 0 Å². The van der Waals surface area contributed by atoms with Gasteiger partial charge >= 0.3 is 0 Å². The average Bonchev–Trinajstić information content (AvgIpc) is 2.92. The molecule has 0 amide bonds. The first-order chi connectivity index (χ1) is 18.2. The maximum absolute atomic E-state index is 9.86. The van der Waals surface area contributed by atoms with E-state index < -0.39 is 5.41 Å². The van der Waals surface area contributed by atoms with Gasteiger partial charge < -0.3 is 19.7 Å². The average molecular weight is 552 g/mol. The minimum Gasteiger partial charge on any atom is -0.396 e. The molecule has 0 spiro atoms. The van der Waals surface area contributed by atoms with Gasteiger partial charge in [-0.25, -0.2) is 0 Å². The van der Waals surface area contributed by atoms with Gasteiger partial charge in [0.05, 0.1) is 31.8 Å². The number of aliphatic hydroxyl groups excluding tert-OH is 2. The molecule has 5 heteroatoms. The molecule has 0 atom stereocenters. The summed E-state index contributed by atoms with van der Waals surface area (Å²) in [5.41, 5.74) is -0.672. The maximum Gasteiger partial charge on any atom is 0.0632 e. The van der Waals surface area contributed by atoms with Gasteiger partial charge in [0.15, 0.2) is 0 Å². The normalized spacial score (nSPS) is 11.7. The molecule has 0 heterocycles. The SMILES string of the molecule is CCCCCCCCCCCCCCOCC(CO)(CO)COCCCCCCCCCCCCCC.[Na]. The van der Waals surface area contributed by atoms with Gasteiger partial charge in [0.25, 0.3) is 0 Å². The van der Waals surface area contributed by atoms with Crippen molar-refractivity contribution in [2.75, 3.05) is 39.6 Å². The number of hydrogen-bond donors (Lipinski definition) is 2. The van der Waals surface area contributed by atoms with E-state index in [2.05, 4.69) is 13.8 Å². The van der Waals surface area contributed by atoms with Crippen LogP contribution in [-0.2, 0) is 9.47 Å². The van der Waals surface area contributed by atoms with Crippen LogP contribution < -0.4 is 0 Å². The summed E-state index contributed by atoms with van der Waals surface area (Å²) in [5.74, 6) is 0. The second-order valence-corrected chi connectivity index (χ2v) is 11.7. The summed E-state index contributed by atoms with van der Waals surface area (Å²) in [6.45, 7) is 6.51. The van der Waals surface area contributed by atoms with Crippen molar-refractivity contribution in [1.82, 2.24) is 0 Å². The van der Waals surface area contributed by atoms with E-state index in [-0.39, 0.29) is 42.8 Å². The Morgan fingerprint density at radius 2 is 0.632 bits per heavy atom. The fraction of sp³-hybridized carbons (Fsp3) is 1.00. The number of aliphatic hydroxyl groups is 2. The van der Waals surface area contributed by atoms with Gasteiger partial charge in [0.2, 0.25) is 0 Å². The van der Waals surface area contributed by atoms with E-state index in [1.807, 2.05) is 0 Å². The topological polar surface area (TPSA) is 58.9 Å². The molecule has 0 unspecified atom stereocenters. The second kappa shape index (κ2) is 34.0. The minimum atomic E-state index is -0.672. The second-order valence-electron chi connectivity index (χ2n) is 11.7. The van der Waals surface area contributed by atoms with Crippen molar-refractivity contribution in [1.29, 1.82) is 0 Å². The zero-order valence-corrected chi connectivity index (χ0v) is 28.4. The van der Waals surface area contributed by atoms with Crippen molar-refractivity contribution in [2.24, 2.45) is 5.41 Å². The molecule has 0 saturated heterocycles. The standard InChI is InChI=1S/C33H68O4.Na/c1-3-5-7-9-11-13-15-17-19-21-23-25-27-36-31-33(29-34,30-35)32-37-28-26-24-22-20-18-16-14-12-10-8-6-4-2;/h34-35H,3-32H2,1-2H3;. The Hall–Kier alpha value is 0.840. The number of hydrogen-bond acceptors (Lipinski definition) is 4. The van der Waals surface area contributed by atoms with E-state index in [4.69, 9.17) is 9.47 Å². The first-order valence-corrected chi connectivity index (χ1v) is 16.6. The van der Waals surface area contributed by atoms with Gasteiger partial charge in [-0.2, -0.15) is 0 Å². The van der Waals surface area contributed by atoms with E-state index >= 15 is 0 Å². The quantitative estimate of drug-likeness (QED) is 0.0647. The van der Waals surface area contributed by atoms with Crippen LogP contribution in [0.5, 0.6) is 0 Å². The molecule has 0 aromatic carbocycles. The van der Waals surface area contributed by atoms with Gasteiger partial charge in [-0.1, -0.05) is 155 Å². The summed E-state index contributed by atoms with van der Waals surface area (Å²) in [6.07, 6.45) is 32.0. The third-order valence-electron chi connectivity index (χ3n) is 7.77. The first kappa shape index (κ1) is 41.0. The van der Waals surface area contributed by atoms with Crippen molar-refractivity contribution in [3.05, 3.63) is 0 Å². The third kappa shape index (κ3) is 28.4. The van der Waals surface area contributed by atoms with Crippen LogP contribution in [0.1, 0.15) is 168 Å². The Kier molecular flexibility index (Phi) is 36.7. The van der Waals surface area contributed by atoms with E-state index in [0.717, 1.165) is 12.8 Å². The molecule has 2 N–H and O–H groups in total. The summed E-state index contributed by atoms with van der Waals surface area (Å²) in [7, 11) is 0. The predicted octanol–water partition coefficient (Wildman–Crippen LogP) is 9.01. The van der Waals surface area contributed by atoms with Crippen LogP contribution in [0.15, 0.2) is 0 Å². The molecule has 0 aliphatic carbocycles. The Bertz CT molecular complexity index is 384. The van der Waals surface area contributed by atoms with E-state index in [9.17, 15) is 10.2 Å². The van der Waals surface area contributed by atoms with Gasteiger partial charge in [0, 0.05) is 42.8 Å². The molecule has 0 aliphatic rings. The number of rotatable bonds is 32. The molecule has 0 rings (SSSR count). The summed E-state index contributed by atoms with van der Waals surface area (Å²) >= 11 is 0. The zero-order chi connectivity index (χ0) is 27.1. The van der Waals surface area contributed by atoms with Gasteiger partial charge in [0.1, 0.15) is 0 Å². The third-order valence-corrected chi connectivity index (χ3v) is 7.77. The Labute approximate surface area is 261 Å². The molecule has 0 bridgehead atoms. The molecule has 0 fully saturated rings. The number of unbranched alkanes of at least 4 members (excludes halogenated alkanes) is 22. The Morgan fingerprint density at radius 3 is 0.868 bits per heavy atom. The molecule has 4 nitrogen and oxygen atoms in total. The number of ether oxygens (including phenoxy) is 2. The summed E-state index contributed by atoms with van der Waals surface area (Å²) < 4.78 is 11.7. The molecule has 38 heavy (non-hydrogen) atoms. The smallest absolute Gasteiger partial charge is 0.0632 e. The molecular formula is C33H68NaO4. The first-order valence-electron chi connectivity index (χ1n) is 16.6. The van der Waals surface area contributed by atoms with E-state index in [1.165, 1.54) is 141 Å². The van der Waals surface area contributed by atoms with Crippen molar-refractivity contribution in [2.45, 2.75) is 168 Å².